The van der Waals surface area contributed by atoms with Gasteiger partial charge in [-0.25, -0.2) is 0 Å². The fraction of sp³-hybridized carbons (Fsp3) is 0.200. The van der Waals surface area contributed by atoms with Crippen LogP contribution in [0, 0.1) is 12.3 Å². The van der Waals surface area contributed by atoms with Gasteiger partial charge >= 0.3 is 0 Å². The third kappa shape index (κ3) is 1.24. The molecule has 0 amide bonds. The zero-order valence-corrected chi connectivity index (χ0v) is 7.99. The molecule has 0 spiro atoms. The number of anilines is 3. The molecule has 0 radical (unpaired) electrons. The number of nitrogens with two attached hydrogens (primary N) is 1. The molecule has 2 rings (SSSR count). The number of hydrazine groups is 2. The molecule has 1 aliphatic rings. The quantitative estimate of drug-likeness (QED) is 0.507. The van der Waals surface area contributed by atoms with Gasteiger partial charge in [0.05, 0.1) is 17.9 Å². The Morgan fingerprint density at radius 1 is 1.57 bits per heavy atom. The van der Waals surface area contributed by atoms with Crippen molar-refractivity contribution in [3.05, 3.63) is 18.2 Å². The van der Waals surface area contributed by atoms with Gasteiger partial charge in [0.15, 0.2) is 0 Å². The van der Waals surface area contributed by atoms with E-state index in [-0.39, 0.29) is 0 Å². The van der Waals surface area contributed by atoms with E-state index in [9.17, 15) is 0 Å². The SMILES string of the molecule is C#CCN1c2ccc(N)cc2NN1C. The Labute approximate surface area is 83.2 Å². The second-order valence-corrected chi connectivity index (χ2v) is 3.17. The van der Waals surface area contributed by atoms with E-state index in [0.29, 0.717) is 6.54 Å². The number of nitrogens with one attached hydrogen (secondary N) is 1. The molecule has 0 aromatic heterocycles. The number of hydrogen-bond acceptors (Lipinski definition) is 4. The lowest BCUT2D eigenvalue weighted by Gasteiger charge is -2.23. The van der Waals surface area contributed by atoms with Crippen LogP contribution in [0.4, 0.5) is 17.1 Å². The highest BCUT2D eigenvalue weighted by molar-refractivity contribution is 5.76. The summed E-state index contributed by atoms with van der Waals surface area (Å²) in [4.78, 5) is 0. The molecule has 1 heterocycles. The topological polar surface area (TPSA) is 44.5 Å². The molecule has 0 saturated heterocycles. The molecule has 0 atom stereocenters. The highest BCUT2D eigenvalue weighted by atomic mass is 15.8. The number of hydrogen-bond donors (Lipinski definition) is 2. The van der Waals surface area contributed by atoms with Gasteiger partial charge in [-0.3, -0.25) is 10.4 Å². The Morgan fingerprint density at radius 3 is 3.07 bits per heavy atom. The smallest absolute Gasteiger partial charge is 0.0971 e. The summed E-state index contributed by atoms with van der Waals surface area (Å²) in [7, 11) is 1.91. The molecule has 1 aromatic rings. The third-order valence-corrected chi connectivity index (χ3v) is 2.18. The molecule has 4 heteroatoms. The zero-order valence-electron chi connectivity index (χ0n) is 7.99. The van der Waals surface area contributed by atoms with Crippen LogP contribution in [0.5, 0.6) is 0 Å². The molecule has 14 heavy (non-hydrogen) atoms. The van der Waals surface area contributed by atoms with Gasteiger partial charge in [0.1, 0.15) is 0 Å². The summed E-state index contributed by atoms with van der Waals surface area (Å²) in [5, 5.41) is 3.82. The van der Waals surface area contributed by atoms with Crippen LogP contribution in [0.1, 0.15) is 0 Å². The predicted molar refractivity (Wildman–Crippen MR) is 58.4 cm³/mol. The van der Waals surface area contributed by atoms with E-state index in [0.717, 1.165) is 17.1 Å². The molecule has 0 saturated carbocycles. The maximum atomic E-state index is 5.68. The lowest BCUT2D eigenvalue weighted by Crippen LogP contribution is -2.38. The summed E-state index contributed by atoms with van der Waals surface area (Å²) in [5.41, 5.74) is 11.6. The standard InChI is InChI=1S/C10H12N4/c1-3-6-14-10-5-4-8(11)7-9(10)12-13(14)2/h1,4-5,7,12H,6,11H2,2H3. The Morgan fingerprint density at radius 2 is 2.36 bits per heavy atom. The molecule has 72 valence electrons. The molecule has 0 bridgehead atoms. The van der Waals surface area contributed by atoms with Gasteiger partial charge in [0, 0.05) is 12.7 Å². The molecular formula is C10H12N4. The van der Waals surface area contributed by atoms with E-state index >= 15 is 0 Å². The van der Waals surface area contributed by atoms with Crippen molar-refractivity contribution in [2.45, 2.75) is 0 Å². The summed E-state index contributed by atoms with van der Waals surface area (Å²) < 4.78 is 0. The molecule has 0 aliphatic carbocycles. The molecule has 3 N–H and O–H groups in total. The van der Waals surface area contributed by atoms with Gasteiger partial charge in [0.25, 0.3) is 0 Å². The predicted octanol–water partition coefficient (Wildman–Crippen LogP) is 0.896. The molecule has 1 aliphatic heterocycles. The number of terminal acetylenes is 1. The van der Waals surface area contributed by atoms with E-state index in [4.69, 9.17) is 12.2 Å². The lowest BCUT2D eigenvalue weighted by atomic mass is 10.2. The largest absolute Gasteiger partial charge is 0.399 e. The Hall–Kier alpha value is -1.86. The minimum atomic E-state index is 0.542. The van der Waals surface area contributed by atoms with Crippen LogP contribution in [0.2, 0.25) is 0 Å². The fourth-order valence-electron chi connectivity index (χ4n) is 1.54. The molecule has 0 unspecified atom stereocenters. The van der Waals surface area contributed by atoms with Gasteiger partial charge in [0.2, 0.25) is 0 Å². The van der Waals surface area contributed by atoms with E-state index in [1.807, 2.05) is 35.4 Å². The third-order valence-electron chi connectivity index (χ3n) is 2.18. The van der Waals surface area contributed by atoms with Gasteiger partial charge in [-0.05, 0) is 18.2 Å². The van der Waals surface area contributed by atoms with E-state index in [1.54, 1.807) is 0 Å². The van der Waals surface area contributed by atoms with Crippen molar-refractivity contribution in [1.82, 2.24) is 5.12 Å². The fourth-order valence-corrected chi connectivity index (χ4v) is 1.54. The Kier molecular flexibility index (Phi) is 1.95. The van der Waals surface area contributed by atoms with E-state index in [2.05, 4.69) is 11.3 Å². The zero-order chi connectivity index (χ0) is 10.1. The molecule has 1 aromatic carbocycles. The van der Waals surface area contributed by atoms with Crippen molar-refractivity contribution in [3.63, 3.8) is 0 Å². The second kappa shape index (κ2) is 3.13. The van der Waals surface area contributed by atoms with Crippen molar-refractivity contribution in [2.75, 3.05) is 29.8 Å². The summed E-state index contributed by atoms with van der Waals surface area (Å²) in [6.07, 6.45) is 5.29. The minimum absolute atomic E-state index is 0.542. The van der Waals surface area contributed by atoms with Gasteiger partial charge in [-0.15, -0.1) is 11.5 Å². The monoisotopic (exact) mass is 188 g/mol. The number of nitrogen functional groups attached to an aromatic ring is 1. The van der Waals surface area contributed by atoms with Crippen LogP contribution in [0.15, 0.2) is 18.2 Å². The van der Waals surface area contributed by atoms with Crippen molar-refractivity contribution in [2.24, 2.45) is 0 Å². The van der Waals surface area contributed by atoms with Crippen molar-refractivity contribution in [3.8, 4) is 12.3 Å². The normalized spacial score (nSPS) is 14.7. The van der Waals surface area contributed by atoms with Gasteiger partial charge in [-0.1, -0.05) is 5.92 Å². The molecular weight excluding hydrogens is 176 g/mol. The Bertz CT molecular complexity index is 394. The first-order chi connectivity index (χ1) is 6.72. The number of nitrogens with zero attached hydrogens (tertiary/aromatic N) is 2. The van der Waals surface area contributed by atoms with Crippen LogP contribution < -0.4 is 16.2 Å². The lowest BCUT2D eigenvalue weighted by molar-refractivity contribution is 0.401. The average Bonchev–Trinajstić information content (AvgIpc) is 2.43. The number of benzene rings is 1. The first kappa shape index (κ1) is 8.73. The first-order valence-electron chi connectivity index (χ1n) is 4.33. The summed E-state index contributed by atoms with van der Waals surface area (Å²) in [6.45, 7) is 0.542. The number of rotatable bonds is 1. The minimum Gasteiger partial charge on any atom is -0.399 e. The van der Waals surface area contributed by atoms with Crippen molar-refractivity contribution < 1.29 is 0 Å². The highest BCUT2D eigenvalue weighted by Gasteiger charge is 2.22. The molecule has 4 nitrogen and oxygen atoms in total. The summed E-state index contributed by atoms with van der Waals surface area (Å²) in [6, 6.07) is 5.71. The van der Waals surface area contributed by atoms with Crippen LogP contribution in [0.3, 0.4) is 0 Å². The van der Waals surface area contributed by atoms with Crippen molar-refractivity contribution in [1.29, 1.82) is 0 Å². The summed E-state index contributed by atoms with van der Waals surface area (Å²) in [5.74, 6) is 2.61. The van der Waals surface area contributed by atoms with Crippen LogP contribution in [0.25, 0.3) is 0 Å². The van der Waals surface area contributed by atoms with Crippen molar-refractivity contribution >= 4 is 17.1 Å². The van der Waals surface area contributed by atoms with Crippen LogP contribution in [-0.4, -0.2) is 18.7 Å². The van der Waals surface area contributed by atoms with Gasteiger partial charge < -0.3 is 5.73 Å². The maximum absolute atomic E-state index is 5.68. The summed E-state index contributed by atoms with van der Waals surface area (Å²) >= 11 is 0. The van der Waals surface area contributed by atoms with E-state index in [1.165, 1.54) is 0 Å². The Balaban J connectivity index is 2.38. The second-order valence-electron chi connectivity index (χ2n) is 3.17. The van der Waals surface area contributed by atoms with Crippen LogP contribution in [-0.2, 0) is 0 Å². The first-order valence-corrected chi connectivity index (χ1v) is 4.33. The van der Waals surface area contributed by atoms with Gasteiger partial charge in [-0.2, -0.15) is 0 Å². The van der Waals surface area contributed by atoms with E-state index < -0.39 is 0 Å². The van der Waals surface area contributed by atoms with Crippen LogP contribution >= 0.6 is 0 Å². The average molecular weight is 188 g/mol. The molecule has 0 fully saturated rings. The highest BCUT2D eigenvalue weighted by Crippen LogP contribution is 2.33. The number of fused-ring (bicyclic) bond motifs is 1. The maximum Gasteiger partial charge on any atom is 0.0971 e.